The number of fused-ring (bicyclic) bond motifs is 1. The maximum Gasteiger partial charge on any atom is 0.228 e. The van der Waals surface area contributed by atoms with Crippen LogP contribution < -0.4 is 10.6 Å². The van der Waals surface area contributed by atoms with Crippen molar-refractivity contribution in [2.45, 2.75) is 19.4 Å². The number of halogens is 2. The van der Waals surface area contributed by atoms with Gasteiger partial charge < -0.3 is 10.6 Å². The molecule has 2 aromatic heterocycles. The molecule has 0 bridgehead atoms. The third kappa shape index (κ3) is 3.58. The predicted molar refractivity (Wildman–Crippen MR) is 107 cm³/mol. The van der Waals surface area contributed by atoms with E-state index >= 15 is 0 Å². The van der Waals surface area contributed by atoms with Gasteiger partial charge in [0.2, 0.25) is 11.9 Å². The quantitative estimate of drug-likeness (QED) is 0.472. The average Bonchev–Trinajstić information content (AvgIpc) is 3.17. The molecule has 0 aliphatic carbocycles. The fourth-order valence-electron chi connectivity index (χ4n) is 3.08. The molecule has 2 aromatic carbocycles. The Morgan fingerprint density at radius 2 is 1.79 bits per heavy atom. The van der Waals surface area contributed by atoms with E-state index in [1.165, 1.54) is 12.1 Å². The van der Waals surface area contributed by atoms with Gasteiger partial charge in [-0.25, -0.2) is 8.78 Å². The second-order valence-corrected chi connectivity index (χ2v) is 7.08. The second-order valence-electron chi connectivity index (χ2n) is 7.08. The van der Waals surface area contributed by atoms with E-state index in [0.29, 0.717) is 11.8 Å². The van der Waals surface area contributed by atoms with E-state index in [9.17, 15) is 8.78 Å². The molecule has 0 unspecified atom stereocenters. The lowest BCUT2D eigenvalue weighted by Crippen LogP contribution is -2.30. The van der Waals surface area contributed by atoms with Crippen LogP contribution in [0.3, 0.4) is 0 Å². The number of H-pyrrole nitrogens is 1. The highest BCUT2D eigenvalue weighted by molar-refractivity contribution is 5.82. The number of rotatable bonds is 5. The molecular weight excluding hydrogens is 376 g/mol. The van der Waals surface area contributed by atoms with E-state index < -0.39 is 17.2 Å². The largest absolute Gasteiger partial charge is 0.357 e. The van der Waals surface area contributed by atoms with Gasteiger partial charge in [-0.15, -0.1) is 0 Å². The third-order valence-electron chi connectivity index (χ3n) is 4.61. The number of aromatic nitrogens is 5. The Morgan fingerprint density at radius 3 is 2.59 bits per heavy atom. The minimum absolute atomic E-state index is 0.171. The molecule has 0 saturated carbocycles. The van der Waals surface area contributed by atoms with Crippen LogP contribution in [0.25, 0.3) is 22.3 Å². The number of aromatic amines is 1. The van der Waals surface area contributed by atoms with Crippen molar-refractivity contribution in [2.75, 3.05) is 17.7 Å². The van der Waals surface area contributed by atoms with Crippen molar-refractivity contribution in [3.8, 4) is 11.4 Å². The fourth-order valence-corrected chi connectivity index (χ4v) is 3.08. The molecule has 0 amide bonds. The molecule has 4 rings (SSSR count). The number of hydrogen-bond acceptors (Lipinski definition) is 6. The van der Waals surface area contributed by atoms with E-state index in [0.717, 1.165) is 22.5 Å². The van der Waals surface area contributed by atoms with Crippen molar-refractivity contribution in [3.05, 3.63) is 59.8 Å². The molecule has 0 saturated heterocycles. The summed E-state index contributed by atoms with van der Waals surface area (Å²) in [5.41, 5.74) is 0.816. The van der Waals surface area contributed by atoms with Crippen LogP contribution in [0.5, 0.6) is 0 Å². The van der Waals surface area contributed by atoms with E-state index in [4.69, 9.17) is 0 Å². The molecule has 3 N–H and O–H groups in total. The Balaban J connectivity index is 1.74. The number of hydrogen-bond donors (Lipinski definition) is 3. The maximum absolute atomic E-state index is 14.3. The molecule has 0 fully saturated rings. The number of anilines is 2. The summed E-state index contributed by atoms with van der Waals surface area (Å²) in [4.78, 5) is 13.2. The second kappa shape index (κ2) is 7.08. The van der Waals surface area contributed by atoms with E-state index in [-0.39, 0.29) is 11.5 Å². The highest BCUT2D eigenvalue weighted by atomic mass is 19.2. The summed E-state index contributed by atoms with van der Waals surface area (Å²) in [7, 11) is 1.69. The molecule has 0 spiro atoms. The van der Waals surface area contributed by atoms with Crippen LogP contribution in [0.1, 0.15) is 19.4 Å². The van der Waals surface area contributed by atoms with E-state index in [2.05, 4.69) is 35.8 Å². The van der Waals surface area contributed by atoms with Crippen LogP contribution in [0.15, 0.2) is 42.6 Å². The van der Waals surface area contributed by atoms with Crippen LogP contribution in [-0.2, 0) is 5.54 Å². The van der Waals surface area contributed by atoms with Gasteiger partial charge in [0.05, 0.1) is 17.3 Å². The third-order valence-corrected chi connectivity index (χ3v) is 4.61. The monoisotopic (exact) mass is 395 g/mol. The molecule has 0 aliphatic rings. The molecule has 29 heavy (non-hydrogen) atoms. The Kier molecular flexibility index (Phi) is 4.57. The number of nitrogens with zero attached hydrogens (tertiary/aromatic N) is 4. The topological polar surface area (TPSA) is 91.4 Å². The SMILES string of the molecule is CNc1nc(NC(C)(C)c2cccc(F)c2F)nc(-c2ccc3cn[nH]c3c2)n1. The first-order valence-corrected chi connectivity index (χ1v) is 8.97. The van der Waals surface area contributed by atoms with Crippen LogP contribution in [0.2, 0.25) is 0 Å². The Bertz CT molecular complexity index is 1190. The number of benzene rings is 2. The van der Waals surface area contributed by atoms with Gasteiger partial charge in [0.15, 0.2) is 17.5 Å². The Hall–Kier alpha value is -3.62. The first-order chi connectivity index (χ1) is 13.9. The molecule has 0 radical (unpaired) electrons. The van der Waals surface area contributed by atoms with Crippen LogP contribution >= 0.6 is 0 Å². The van der Waals surface area contributed by atoms with Crippen molar-refractivity contribution >= 4 is 22.8 Å². The molecule has 9 heteroatoms. The minimum Gasteiger partial charge on any atom is -0.357 e. The van der Waals surface area contributed by atoms with Gasteiger partial charge in [-0.1, -0.05) is 24.3 Å². The summed E-state index contributed by atoms with van der Waals surface area (Å²) in [6.45, 7) is 3.45. The molecule has 0 atom stereocenters. The fraction of sp³-hybridized carbons (Fsp3) is 0.200. The summed E-state index contributed by atoms with van der Waals surface area (Å²) in [5.74, 6) is -0.801. The zero-order chi connectivity index (χ0) is 20.6. The van der Waals surface area contributed by atoms with Gasteiger partial charge in [-0.05, 0) is 26.0 Å². The van der Waals surface area contributed by atoms with Gasteiger partial charge >= 0.3 is 0 Å². The van der Waals surface area contributed by atoms with Crippen molar-refractivity contribution in [1.82, 2.24) is 25.1 Å². The van der Waals surface area contributed by atoms with Gasteiger partial charge in [0.25, 0.3) is 0 Å². The van der Waals surface area contributed by atoms with Crippen molar-refractivity contribution in [1.29, 1.82) is 0 Å². The molecule has 4 aromatic rings. The Labute approximate surface area is 165 Å². The van der Waals surface area contributed by atoms with Gasteiger partial charge in [0, 0.05) is 23.6 Å². The lowest BCUT2D eigenvalue weighted by Gasteiger charge is -2.27. The molecule has 148 valence electrons. The number of nitrogens with one attached hydrogen (secondary N) is 3. The normalized spacial score (nSPS) is 11.6. The minimum atomic E-state index is -0.969. The summed E-state index contributed by atoms with van der Waals surface area (Å²) in [6.07, 6.45) is 1.73. The standard InChI is InChI=1S/C20H19F2N7/c1-20(2,13-5-4-6-14(21)16(13)22)28-19-26-17(25-18(23-3)27-19)11-7-8-12-10-24-29-15(12)9-11/h4-10H,1-3H3,(H,24,29)(H2,23,25,26,27,28). The highest BCUT2D eigenvalue weighted by Gasteiger charge is 2.27. The highest BCUT2D eigenvalue weighted by Crippen LogP contribution is 2.29. The van der Waals surface area contributed by atoms with Gasteiger partial charge in [0.1, 0.15) is 0 Å². The summed E-state index contributed by atoms with van der Waals surface area (Å²) in [5, 5.41) is 13.9. The lowest BCUT2D eigenvalue weighted by molar-refractivity contribution is 0.468. The summed E-state index contributed by atoms with van der Waals surface area (Å²) < 4.78 is 28.0. The van der Waals surface area contributed by atoms with Crippen LogP contribution in [-0.4, -0.2) is 32.2 Å². The van der Waals surface area contributed by atoms with Gasteiger partial charge in [-0.3, -0.25) is 5.10 Å². The molecule has 0 aliphatic heterocycles. The van der Waals surface area contributed by atoms with Crippen LogP contribution in [0.4, 0.5) is 20.7 Å². The van der Waals surface area contributed by atoms with Crippen LogP contribution in [0, 0.1) is 11.6 Å². The molecule has 7 nitrogen and oxygen atoms in total. The maximum atomic E-state index is 14.3. The van der Waals surface area contributed by atoms with Gasteiger partial charge in [-0.2, -0.15) is 20.1 Å². The smallest absolute Gasteiger partial charge is 0.228 e. The lowest BCUT2D eigenvalue weighted by atomic mass is 9.94. The predicted octanol–water partition coefficient (Wildman–Crippen LogP) is 4.08. The zero-order valence-corrected chi connectivity index (χ0v) is 16.1. The summed E-state index contributed by atoms with van der Waals surface area (Å²) >= 11 is 0. The Morgan fingerprint density at radius 1 is 1.00 bits per heavy atom. The van der Waals surface area contributed by atoms with E-state index in [1.54, 1.807) is 27.1 Å². The first-order valence-electron chi connectivity index (χ1n) is 8.97. The molecular formula is C20H19F2N7. The first kappa shape index (κ1) is 18.7. The summed E-state index contributed by atoms with van der Waals surface area (Å²) in [6, 6.07) is 9.76. The van der Waals surface area contributed by atoms with E-state index in [1.807, 2.05) is 18.2 Å². The average molecular weight is 395 g/mol. The van der Waals surface area contributed by atoms with Crippen molar-refractivity contribution in [2.24, 2.45) is 0 Å². The molecule has 2 heterocycles. The van der Waals surface area contributed by atoms with Crippen molar-refractivity contribution in [3.63, 3.8) is 0 Å². The van der Waals surface area contributed by atoms with Crippen molar-refractivity contribution < 1.29 is 8.78 Å². The zero-order valence-electron chi connectivity index (χ0n) is 16.1.